The van der Waals surface area contributed by atoms with Crippen LogP contribution < -0.4 is 4.40 Å². The summed E-state index contributed by atoms with van der Waals surface area (Å²) in [5, 5.41) is 0. The Kier molecular flexibility index (Phi) is 1.05. The van der Waals surface area contributed by atoms with Crippen LogP contribution in [-0.4, -0.2) is 19.9 Å². The van der Waals surface area contributed by atoms with Crippen molar-refractivity contribution in [2.45, 2.75) is 6.92 Å². The summed E-state index contributed by atoms with van der Waals surface area (Å²) < 4.78 is 1.99. The SMILES string of the molecule is Cc1nc2nc[nH]c2c2[nH]cc[n+]12. The summed E-state index contributed by atoms with van der Waals surface area (Å²) in [4.78, 5) is 14.6. The molecule has 64 valence electrons. The van der Waals surface area contributed by atoms with Gasteiger partial charge in [0.25, 0.3) is 11.3 Å². The summed E-state index contributed by atoms with van der Waals surface area (Å²) in [5.41, 5.74) is 2.69. The van der Waals surface area contributed by atoms with Crippen LogP contribution in [0.15, 0.2) is 18.7 Å². The topological polar surface area (TPSA) is 61.5 Å². The predicted molar refractivity (Wildman–Crippen MR) is 46.1 cm³/mol. The van der Waals surface area contributed by atoms with E-state index in [1.54, 1.807) is 6.33 Å². The van der Waals surface area contributed by atoms with Crippen molar-refractivity contribution in [3.05, 3.63) is 24.5 Å². The first-order valence-corrected chi connectivity index (χ1v) is 4.05. The quantitative estimate of drug-likeness (QED) is 0.482. The monoisotopic (exact) mass is 174 g/mol. The van der Waals surface area contributed by atoms with E-state index in [9.17, 15) is 0 Å². The van der Waals surface area contributed by atoms with Gasteiger partial charge in [0.1, 0.15) is 6.20 Å². The van der Waals surface area contributed by atoms with Crippen LogP contribution in [0.1, 0.15) is 5.82 Å². The van der Waals surface area contributed by atoms with Crippen LogP contribution in [0.3, 0.4) is 0 Å². The molecule has 0 saturated heterocycles. The van der Waals surface area contributed by atoms with Gasteiger partial charge in [-0.05, 0) is 0 Å². The molecule has 5 heteroatoms. The molecule has 3 aromatic rings. The van der Waals surface area contributed by atoms with Crippen LogP contribution in [-0.2, 0) is 0 Å². The number of nitrogens with zero attached hydrogens (tertiary/aromatic N) is 3. The van der Waals surface area contributed by atoms with Crippen molar-refractivity contribution in [3.8, 4) is 0 Å². The van der Waals surface area contributed by atoms with Gasteiger partial charge in [-0.25, -0.2) is 9.38 Å². The Labute approximate surface area is 73.5 Å². The highest BCUT2D eigenvalue weighted by Gasteiger charge is 2.13. The molecular formula is C8H8N5+. The van der Waals surface area contributed by atoms with Crippen LogP contribution in [0.25, 0.3) is 16.8 Å². The Bertz CT molecular complexity index is 576. The number of aromatic nitrogens is 5. The molecule has 0 atom stereocenters. The Morgan fingerprint density at radius 2 is 2.31 bits per heavy atom. The van der Waals surface area contributed by atoms with E-state index >= 15 is 0 Å². The third-order valence-corrected chi connectivity index (χ3v) is 2.16. The van der Waals surface area contributed by atoms with E-state index in [2.05, 4.69) is 19.9 Å². The third-order valence-electron chi connectivity index (χ3n) is 2.16. The molecule has 0 saturated carbocycles. The molecule has 3 heterocycles. The zero-order valence-electron chi connectivity index (χ0n) is 7.07. The maximum absolute atomic E-state index is 4.34. The van der Waals surface area contributed by atoms with E-state index in [0.29, 0.717) is 0 Å². The number of imidazole rings is 2. The van der Waals surface area contributed by atoms with Gasteiger partial charge in [0, 0.05) is 6.92 Å². The van der Waals surface area contributed by atoms with E-state index in [1.807, 2.05) is 23.7 Å². The molecule has 0 unspecified atom stereocenters. The molecule has 3 aromatic heterocycles. The second kappa shape index (κ2) is 2.07. The molecule has 0 aliphatic rings. The predicted octanol–water partition coefficient (Wildman–Crippen LogP) is 0.333. The van der Waals surface area contributed by atoms with E-state index in [4.69, 9.17) is 0 Å². The zero-order valence-corrected chi connectivity index (χ0v) is 7.07. The molecule has 0 aliphatic heterocycles. The fourth-order valence-electron chi connectivity index (χ4n) is 1.55. The number of fused-ring (bicyclic) bond motifs is 3. The van der Waals surface area contributed by atoms with Crippen molar-refractivity contribution in [3.63, 3.8) is 0 Å². The first-order valence-electron chi connectivity index (χ1n) is 4.05. The molecule has 0 radical (unpaired) electrons. The van der Waals surface area contributed by atoms with Crippen LogP contribution in [0.5, 0.6) is 0 Å². The molecule has 0 aromatic carbocycles. The van der Waals surface area contributed by atoms with Gasteiger partial charge in [-0.1, -0.05) is 4.98 Å². The van der Waals surface area contributed by atoms with Gasteiger partial charge < -0.3 is 4.98 Å². The number of H-pyrrole nitrogens is 2. The minimum Gasteiger partial charge on any atom is -0.336 e. The maximum Gasteiger partial charge on any atom is 0.260 e. The van der Waals surface area contributed by atoms with E-state index < -0.39 is 0 Å². The number of aromatic amines is 2. The molecule has 0 fully saturated rings. The molecule has 5 nitrogen and oxygen atoms in total. The van der Waals surface area contributed by atoms with Gasteiger partial charge in [0.15, 0.2) is 5.52 Å². The summed E-state index contributed by atoms with van der Waals surface area (Å²) >= 11 is 0. The van der Waals surface area contributed by atoms with Crippen LogP contribution >= 0.6 is 0 Å². The standard InChI is InChI=1S/C8H7N5/c1-5-12-7-6(10-4-11-7)8-9-2-3-13(5)8/h2-4H,1H3,(H,9,10,11)/p+1. The largest absolute Gasteiger partial charge is 0.336 e. The summed E-state index contributed by atoms with van der Waals surface area (Å²) in [7, 11) is 0. The number of hydrogen-bond acceptors (Lipinski definition) is 2. The molecule has 2 N–H and O–H groups in total. The molecule has 13 heavy (non-hydrogen) atoms. The lowest BCUT2D eigenvalue weighted by Gasteiger charge is -1.89. The highest BCUT2D eigenvalue weighted by molar-refractivity contribution is 5.81. The van der Waals surface area contributed by atoms with Gasteiger partial charge in [-0.3, -0.25) is 4.98 Å². The second-order valence-electron chi connectivity index (χ2n) is 2.94. The number of aryl methyl sites for hydroxylation is 1. The van der Waals surface area contributed by atoms with Gasteiger partial charge in [-0.2, -0.15) is 0 Å². The smallest absolute Gasteiger partial charge is 0.260 e. The van der Waals surface area contributed by atoms with Crippen molar-refractivity contribution in [1.29, 1.82) is 0 Å². The van der Waals surface area contributed by atoms with Gasteiger partial charge in [0.05, 0.1) is 12.5 Å². The number of rotatable bonds is 0. The second-order valence-corrected chi connectivity index (χ2v) is 2.94. The summed E-state index contributed by atoms with van der Waals surface area (Å²) in [6, 6.07) is 0. The Balaban J connectivity index is 2.70. The van der Waals surface area contributed by atoms with Gasteiger partial charge in [-0.15, -0.1) is 0 Å². The van der Waals surface area contributed by atoms with Gasteiger partial charge in [0.2, 0.25) is 5.82 Å². The van der Waals surface area contributed by atoms with Crippen molar-refractivity contribution >= 4 is 16.8 Å². The maximum atomic E-state index is 4.34. The first-order chi connectivity index (χ1) is 6.36. The van der Waals surface area contributed by atoms with Crippen LogP contribution in [0.2, 0.25) is 0 Å². The van der Waals surface area contributed by atoms with Crippen molar-refractivity contribution in [2.24, 2.45) is 0 Å². The van der Waals surface area contributed by atoms with Crippen molar-refractivity contribution < 1.29 is 4.40 Å². The molecule has 0 aliphatic carbocycles. The van der Waals surface area contributed by atoms with Crippen molar-refractivity contribution in [1.82, 2.24) is 19.9 Å². The zero-order chi connectivity index (χ0) is 8.84. The lowest BCUT2D eigenvalue weighted by atomic mass is 10.5. The molecule has 3 rings (SSSR count). The average Bonchev–Trinajstić information content (AvgIpc) is 2.66. The Morgan fingerprint density at radius 3 is 3.23 bits per heavy atom. The average molecular weight is 174 g/mol. The highest BCUT2D eigenvalue weighted by Crippen LogP contribution is 2.08. The normalized spacial score (nSPS) is 11.5. The molecule has 0 bridgehead atoms. The van der Waals surface area contributed by atoms with Crippen molar-refractivity contribution in [2.75, 3.05) is 0 Å². The van der Waals surface area contributed by atoms with Crippen LogP contribution in [0.4, 0.5) is 0 Å². The lowest BCUT2D eigenvalue weighted by Crippen LogP contribution is -2.24. The number of nitrogens with one attached hydrogen (secondary N) is 2. The Hall–Kier alpha value is -1.91. The summed E-state index contributed by atoms with van der Waals surface area (Å²) in [6.45, 7) is 1.95. The third kappa shape index (κ3) is 0.729. The number of hydrogen-bond donors (Lipinski definition) is 2. The van der Waals surface area contributed by atoms with E-state index in [0.717, 1.165) is 22.6 Å². The molecular weight excluding hydrogens is 166 g/mol. The van der Waals surface area contributed by atoms with Gasteiger partial charge >= 0.3 is 0 Å². The minimum absolute atomic E-state index is 0.750. The summed E-state index contributed by atoms with van der Waals surface area (Å²) in [5.74, 6) is 0.927. The first kappa shape index (κ1) is 6.59. The highest BCUT2D eigenvalue weighted by atomic mass is 15.1. The fourth-order valence-corrected chi connectivity index (χ4v) is 1.55. The van der Waals surface area contributed by atoms with E-state index in [-0.39, 0.29) is 0 Å². The van der Waals surface area contributed by atoms with Crippen LogP contribution in [0, 0.1) is 6.92 Å². The van der Waals surface area contributed by atoms with E-state index in [1.165, 1.54) is 0 Å². The summed E-state index contributed by atoms with van der Waals surface area (Å²) in [6.07, 6.45) is 5.47. The minimum atomic E-state index is 0.750. The lowest BCUT2D eigenvalue weighted by molar-refractivity contribution is -0.520. The Morgan fingerprint density at radius 1 is 1.38 bits per heavy atom. The molecule has 0 spiro atoms. The molecule has 0 amide bonds. The fraction of sp³-hybridized carbons (Fsp3) is 0.125.